The monoisotopic (exact) mass is 267 g/mol. The van der Waals surface area contributed by atoms with Crippen molar-refractivity contribution in [1.82, 2.24) is 4.49 Å². The fourth-order valence-corrected chi connectivity index (χ4v) is 3.28. The van der Waals surface area contributed by atoms with Crippen molar-refractivity contribution < 1.29 is 18.4 Å². The van der Waals surface area contributed by atoms with Crippen molar-refractivity contribution in [3.63, 3.8) is 0 Å². The first kappa shape index (κ1) is 14.5. The Bertz CT molecular complexity index is 258. The average Bonchev–Trinajstić information content (AvgIpc) is 2.42. The maximum atomic E-state index is 11.3. The second-order valence-electron chi connectivity index (χ2n) is 4.25. The molecule has 0 amide bonds. The van der Waals surface area contributed by atoms with Gasteiger partial charge < -0.3 is 13.8 Å². The predicted molar refractivity (Wildman–Crippen MR) is 67.7 cm³/mol. The lowest BCUT2D eigenvalue weighted by atomic mass is 9.82. The van der Waals surface area contributed by atoms with Crippen molar-refractivity contribution in [3.8, 4) is 0 Å². The highest BCUT2D eigenvalue weighted by molar-refractivity contribution is 7.92. The van der Waals surface area contributed by atoms with Gasteiger partial charge in [-0.15, -0.1) is 0 Å². The zero-order valence-electron chi connectivity index (χ0n) is 10.1. The van der Waals surface area contributed by atoms with E-state index in [9.17, 15) is 9.12 Å². The van der Waals surface area contributed by atoms with E-state index in [4.69, 9.17) is 9.26 Å². The first-order valence-electron chi connectivity index (χ1n) is 5.34. The van der Waals surface area contributed by atoms with Gasteiger partial charge in [0.2, 0.25) is 0 Å². The van der Waals surface area contributed by atoms with Crippen molar-refractivity contribution in [2.45, 2.75) is 26.0 Å². The zero-order valence-corrected chi connectivity index (χ0v) is 11.9. The summed E-state index contributed by atoms with van der Waals surface area (Å²) in [7, 11) is -0.383. The van der Waals surface area contributed by atoms with Crippen LogP contribution in [0.2, 0.25) is 0 Å². The van der Waals surface area contributed by atoms with Crippen molar-refractivity contribution in [3.05, 3.63) is 0 Å². The Hall–Kier alpha value is 0.485. The molecule has 6 atom stereocenters. The summed E-state index contributed by atoms with van der Waals surface area (Å²) < 4.78 is 35.2. The largest absolute Gasteiger partial charge is 0.598 e. The molecule has 0 aromatic carbocycles. The molecule has 0 aromatic heterocycles. The first-order chi connectivity index (χ1) is 7.41. The molecule has 94 valence electrons. The summed E-state index contributed by atoms with van der Waals surface area (Å²) in [5, 5.41) is 0. The predicted octanol–water partition coefficient (Wildman–Crippen LogP) is -0.0940. The Kier molecular flexibility index (Phi) is 5.84. The molecule has 0 aromatic rings. The van der Waals surface area contributed by atoms with Crippen LogP contribution in [0.4, 0.5) is 0 Å². The molecule has 0 aliphatic carbocycles. The second-order valence-corrected chi connectivity index (χ2v) is 6.84. The van der Waals surface area contributed by atoms with Gasteiger partial charge >= 0.3 is 0 Å². The Balaban J connectivity index is 2.31. The van der Waals surface area contributed by atoms with Crippen molar-refractivity contribution in [2.75, 3.05) is 12.9 Å². The van der Waals surface area contributed by atoms with Gasteiger partial charge in [-0.1, -0.05) is 18.3 Å². The smallest absolute Gasteiger partial charge is 0.298 e. The molecular weight excluding hydrogens is 248 g/mol. The minimum absolute atomic E-state index is 0.0222. The van der Waals surface area contributed by atoms with E-state index in [1.54, 1.807) is 0 Å². The normalized spacial score (nSPS) is 38.5. The van der Waals surface area contributed by atoms with Crippen LogP contribution >= 0.6 is 8.18 Å². The quantitative estimate of drug-likeness (QED) is 0.428. The SMILES string of the molecule is BC1OC(CO[PH](=O)N[S+](C)[O-])C(C)C1C. The highest BCUT2D eigenvalue weighted by Gasteiger charge is 2.36. The standard InChI is InChI=1S/C8H19BNO4PS/c1-5-6(2)8(9)14-7(5)4-13-15(11)10-16(3)12/h5-8,15H,4,9H2,1-3H3,(H,10,11). The average molecular weight is 267 g/mol. The van der Waals surface area contributed by atoms with Crippen LogP contribution in [0.1, 0.15) is 13.8 Å². The zero-order chi connectivity index (χ0) is 12.3. The lowest BCUT2D eigenvalue weighted by molar-refractivity contribution is 0.0384. The number of nitrogens with one attached hydrogen (secondary N) is 1. The highest BCUT2D eigenvalue weighted by atomic mass is 32.2. The van der Waals surface area contributed by atoms with Gasteiger partial charge in [-0.05, 0) is 11.8 Å². The fraction of sp³-hybridized carbons (Fsp3) is 1.00. The second kappa shape index (κ2) is 6.43. The molecule has 8 heteroatoms. The summed E-state index contributed by atoms with van der Waals surface area (Å²) in [5.74, 6) is 0.862. The van der Waals surface area contributed by atoms with E-state index in [0.29, 0.717) is 11.8 Å². The summed E-state index contributed by atoms with van der Waals surface area (Å²) in [6, 6.07) is 0.208. The van der Waals surface area contributed by atoms with Crippen LogP contribution in [0.3, 0.4) is 0 Å². The molecular formula is C8H19BNO4PS. The van der Waals surface area contributed by atoms with E-state index in [-0.39, 0.29) is 18.7 Å². The van der Waals surface area contributed by atoms with E-state index in [0.717, 1.165) is 0 Å². The topological polar surface area (TPSA) is 70.6 Å². The molecule has 1 aliphatic rings. The number of rotatable bonds is 5. The first-order valence-corrected chi connectivity index (χ1v) is 8.21. The van der Waals surface area contributed by atoms with E-state index in [1.165, 1.54) is 6.26 Å². The third kappa shape index (κ3) is 4.06. The number of hydrogen-bond acceptors (Lipinski definition) is 4. The summed E-state index contributed by atoms with van der Waals surface area (Å²) in [5.41, 5.74) is 0. The molecule has 0 bridgehead atoms. The molecule has 1 aliphatic heterocycles. The van der Waals surface area contributed by atoms with Crippen molar-refractivity contribution in [1.29, 1.82) is 0 Å². The number of ether oxygens (including phenoxy) is 1. The highest BCUT2D eigenvalue weighted by Crippen LogP contribution is 2.32. The molecule has 0 spiro atoms. The Morgan fingerprint density at radius 2 is 2.19 bits per heavy atom. The van der Waals surface area contributed by atoms with Crippen LogP contribution in [-0.4, -0.2) is 37.4 Å². The minimum Gasteiger partial charge on any atom is -0.598 e. The lowest BCUT2D eigenvalue weighted by Crippen LogP contribution is -2.22. The molecule has 0 radical (unpaired) electrons. The summed E-state index contributed by atoms with van der Waals surface area (Å²) >= 11 is -1.30. The van der Waals surface area contributed by atoms with Crippen molar-refractivity contribution in [2.24, 2.45) is 11.8 Å². The van der Waals surface area contributed by atoms with Gasteiger partial charge in [0.1, 0.15) is 14.1 Å². The Morgan fingerprint density at radius 1 is 1.56 bits per heavy atom. The van der Waals surface area contributed by atoms with Gasteiger partial charge in [0.25, 0.3) is 8.18 Å². The van der Waals surface area contributed by atoms with Crippen molar-refractivity contribution >= 4 is 27.4 Å². The molecule has 16 heavy (non-hydrogen) atoms. The van der Waals surface area contributed by atoms with Crippen LogP contribution in [0, 0.1) is 11.8 Å². The maximum Gasteiger partial charge on any atom is 0.298 e. The van der Waals surface area contributed by atoms with Crippen LogP contribution in [0.15, 0.2) is 0 Å². The van der Waals surface area contributed by atoms with Gasteiger partial charge in [0.05, 0.1) is 12.7 Å². The summed E-state index contributed by atoms with van der Waals surface area (Å²) in [6.07, 6.45) is 1.40. The molecule has 6 unspecified atom stereocenters. The van der Waals surface area contributed by atoms with E-state index in [2.05, 4.69) is 18.3 Å². The van der Waals surface area contributed by atoms with Gasteiger partial charge in [0.15, 0.2) is 0 Å². The minimum atomic E-state index is -2.41. The van der Waals surface area contributed by atoms with Gasteiger partial charge in [-0.25, -0.2) is 0 Å². The maximum absolute atomic E-state index is 11.3. The Labute approximate surface area is 101 Å². The third-order valence-corrected chi connectivity index (χ3v) is 5.40. The van der Waals surface area contributed by atoms with Crippen LogP contribution in [-0.2, 0) is 25.2 Å². The molecule has 1 fully saturated rings. The summed E-state index contributed by atoms with van der Waals surface area (Å²) in [6.45, 7) is 4.53. The fourth-order valence-electron chi connectivity index (χ4n) is 1.79. The number of hydrogen-bond donors (Lipinski definition) is 1. The lowest BCUT2D eigenvalue weighted by Gasteiger charge is -2.16. The molecule has 0 saturated carbocycles. The molecule has 1 rings (SSSR count). The van der Waals surface area contributed by atoms with Gasteiger partial charge in [-0.3, -0.25) is 4.57 Å². The van der Waals surface area contributed by atoms with Crippen LogP contribution in [0.5, 0.6) is 0 Å². The van der Waals surface area contributed by atoms with E-state index >= 15 is 0 Å². The molecule has 1 saturated heterocycles. The van der Waals surface area contributed by atoms with Gasteiger partial charge in [0, 0.05) is 17.4 Å². The Morgan fingerprint density at radius 3 is 2.62 bits per heavy atom. The molecule has 1 heterocycles. The van der Waals surface area contributed by atoms with E-state index < -0.39 is 19.5 Å². The van der Waals surface area contributed by atoms with Crippen LogP contribution in [0.25, 0.3) is 0 Å². The molecule has 5 nitrogen and oxygen atoms in total. The molecule has 1 N–H and O–H groups in total. The summed E-state index contributed by atoms with van der Waals surface area (Å²) in [4.78, 5) is 0. The van der Waals surface area contributed by atoms with Crippen LogP contribution < -0.4 is 4.49 Å². The van der Waals surface area contributed by atoms with E-state index in [1.807, 2.05) is 7.85 Å². The van der Waals surface area contributed by atoms with Gasteiger partial charge in [-0.2, -0.15) is 0 Å². The third-order valence-electron chi connectivity index (χ3n) is 3.15.